The van der Waals surface area contributed by atoms with Gasteiger partial charge in [0.1, 0.15) is 12.4 Å². The standard InChI is InChI=1S/C11H11N4O2/c1-17-15-9(6-12)7-14(8-11(15)16)10-4-2-3-5-13-10/h2-3,5,9H,7-8H2,1H3. The van der Waals surface area contributed by atoms with Crippen LogP contribution < -0.4 is 4.90 Å². The number of pyridine rings is 1. The van der Waals surface area contributed by atoms with Crippen molar-refractivity contribution in [2.45, 2.75) is 6.04 Å². The Morgan fingerprint density at radius 1 is 1.71 bits per heavy atom. The van der Waals surface area contributed by atoms with Gasteiger partial charge in [0.25, 0.3) is 5.91 Å². The van der Waals surface area contributed by atoms with Crippen LogP contribution in [0, 0.1) is 17.4 Å². The Hall–Kier alpha value is -2.13. The van der Waals surface area contributed by atoms with E-state index in [1.165, 1.54) is 7.11 Å². The van der Waals surface area contributed by atoms with E-state index in [4.69, 9.17) is 10.1 Å². The van der Waals surface area contributed by atoms with Crippen LogP contribution in [0.25, 0.3) is 0 Å². The fourth-order valence-corrected chi connectivity index (χ4v) is 1.73. The number of nitriles is 1. The van der Waals surface area contributed by atoms with Crippen LogP contribution in [-0.4, -0.2) is 42.2 Å². The van der Waals surface area contributed by atoms with Crippen molar-refractivity contribution in [2.75, 3.05) is 25.1 Å². The van der Waals surface area contributed by atoms with Gasteiger partial charge in [0.15, 0.2) is 6.04 Å². The van der Waals surface area contributed by atoms with Gasteiger partial charge in [-0.15, -0.1) is 0 Å². The van der Waals surface area contributed by atoms with E-state index in [0.717, 1.165) is 5.06 Å². The van der Waals surface area contributed by atoms with Gasteiger partial charge in [-0.25, -0.2) is 10.0 Å². The highest BCUT2D eigenvalue weighted by atomic mass is 16.7. The molecular formula is C11H11N4O2. The average molecular weight is 231 g/mol. The zero-order valence-corrected chi connectivity index (χ0v) is 9.33. The minimum atomic E-state index is -0.628. The van der Waals surface area contributed by atoms with Gasteiger partial charge in [-0.2, -0.15) is 5.26 Å². The maximum atomic E-state index is 11.7. The molecule has 1 fully saturated rings. The number of nitrogens with zero attached hydrogens (tertiary/aromatic N) is 4. The second kappa shape index (κ2) is 4.80. The highest BCUT2D eigenvalue weighted by Crippen LogP contribution is 2.16. The molecule has 1 saturated heterocycles. The van der Waals surface area contributed by atoms with Crippen LogP contribution in [0.2, 0.25) is 0 Å². The van der Waals surface area contributed by atoms with E-state index in [-0.39, 0.29) is 12.5 Å². The van der Waals surface area contributed by atoms with Crippen LogP contribution in [0.3, 0.4) is 0 Å². The van der Waals surface area contributed by atoms with E-state index in [1.54, 1.807) is 23.2 Å². The van der Waals surface area contributed by atoms with Crippen molar-refractivity contribution in [2.24, 2.45) is 0 Å². The van der Waals surface area contributed by atoms with Gasteiger partial charge in [0.2, 0.25) is 0 Å². The van der Waals surface area contributed by atoms with Crippen molar-refractivity contribution in [3.63, 3.8) is 0 Å². The Labute approximate surface area is 99.0 Å². The smallest absolute Gasteiger partial charge is 0.266 e. The third kappa shape index (κ3) is 2.19. The first-order chi connectivity index (χ1) is 8.26. The Kier molecular flexibility index (Phi) is 3.21. The molecule has 2 rings (SSSR count). The second-order valence-corrected chi connectivity index (χ2v) is 3.53. The molecule has 6 nitrogen and oxygen atoms in total. The number of hydrogen-bond donors (Lipinski definition) is 0. The fraction of sp³-hybridized carbons (Fsp3) is 0.364. The van der Waals surface area contributed by atoms with Crippen LogP contribution in [0.1, 0.15) is 0 Å². The molecule has 0 N–H and O–H groups in total. The van der Waals surface area contributed by atoms with Crippen molar-refractivity contribution in [1.82, 2.24) is 10.0 Å². The summed E-state index contributed by atoms with van der Waals surface area (Å²) in [5, 5.41) is 10.1. The van der Waals surface area contributed by atoms with Crippen molar-refractivity contribution in [1.29, 1.82) is 5.26 Å². The Morgan fingerprint density at radius 2 is 2.53 bits per heavy atom. The molecular weight excluding hydrogens is 220 g/mol. The lowest BCUT2D eigenvalue weighted by Crippen LogP contribution is -2.55. The summed E-state index contributed by atoms with van der Waals surface area (Å²) in [7, 11) is 1.38. The molecule has 1 aliphatic rings. The molecule has 1 aliphatic heterocycles. The van der Waals surface area contributed by atoms with Crippen LogP contribution in [0.4, 0.5) is 5.82 Å². The molecule has 1 aromatic rings. The Balaban J connectivity index is 2.19. The topological polar surface area (TPSA) is 69.5 Å². The highest BCUT2D eigenvalue weighted by Gasteiger charge is 2.33. The number of aromatic nitrogens is 1. The van der Waals surface area contributed by atoms with Gasteiger partial charge >= 0.3 is 0 Å². The third-order valence-electron chi connectivity index (χ3n) is 2.49. The molecule has 1 unspecified atom stereocenters. The summed E-state index contributed by atoms with van der Waals surface area (Å²) in [5.74, 6) is 0.307. The van der Waals surface area contributed by atoms with E-state index >= 15 is 0 Å². The molecule has 1 amide bonds. The van der Waals surface area contributed by atoms with Gasteiger partial charge in [0.05, 0.1) is 19.7 Å². The summed E-state index contributed by atoms with van der Waals surface area (Å²) >= 11 is 0. The maximum absolute atomic E-state index is 11.7. The molecule has 0 spiro atoms. The number of hydroxylamine groups is 2. The van der Waals surface area contributed by atoms with Gasteiger partial charge in [-0.1, -0.05) is 0 Å². The van der Waals surface area contributed by atoms with E-state index < -0.39 is 6.04 Å². The van der Waals surface area contributed by atoms with Crippen LogP contribution in [0.15, 0.2) is 18.3 Å². The van der Waals surface area contributed by atoms with E-state index in [0.29, 0.717) is 12.4 Å². The van der Waals surface area contributed by atoms with E-state index in [1.807, 2.05) is 6.07 Å². The molecule has 1 atom stereocenters. The summed E-state index contributed by atoms with van der Waals surface area (Å²) in [4.78, 5) is 22.5. The molecule has 17 heavy (non-hydrogen) atoms. The number of rotatable bonds is 2. The van der Waals surface area contributed by atoms with E-state index in [2.05, 4.69) is 11.1 Å². The lowest BCUT2D eigenvalue weighted by atomic mass is 10.2. The number of carbonyl (C=O) groups excluding carboxylic acids is 1. The molecule has 6 heteroatoms. The molecule has 1 aromatic heterocycles. The van der Waals surface area contributed by atoms with Crippen LogP contribution in [0.5, 0.6) is 0 Å². The molecule has 1 radical (unpaired) electrons. The number of amides is 1. The summed E-state index contributed by atoms with van der Waals surface area (Å²) in [5.41, 5.74) is 0. The second-order valence-electron chi connectivity index (χ2n) is 3.53. The van der Waals surface area contributed by atoms with Gasteiger partial charge in [-0.3, -0.25) is 9.63 Å². The molecule has 2 heterocycles. The quantitative estimate of drug-likeness (QED) is 0.715. The third-order valence-corrected chi connectivity index (χ3v) is 2.49. The van der Waals surface area contributed by atoms with Crippen LogP contribution in [-0.2, 0) is 9.63 Å². The molecule has 0 aliphatic carbocycles. The SMILES string of the molecule is CON1C(=O)CN(c2[c]cccn2)CC1C#N. The average Bonchev–Trinajstić information content (AvgIpc) is 2.38. The van der Waals surface area contributed by atoms with Gasteiger partial charge in [0, 0.05) is 12.3 Å². The van der Waals surface area contributed by atoms with Crippen LogP contribution >= 0.6 is 0 Å². The summed E-state index contributed by atoms with van der Waals surface area (Å²) in [6.07, 6.45) is 1.63. The highest BCUT2D eigenvalue weighted by molar-refractivity contribution is 5.82. The maximum Gasteiger partial charge on any atom is 0.266 e. The number of hydrogen-bond acceptors (Lipinski definition) is 5. The normalized spacial score (nSPS) is 20.2. The predicted octanol–water partition coefficient (Wildman–Crippen LogP) is -0.0160. The van der Waals surface area contributed by atoms with Crippen molar-refractivity contribution in [3.05, 3.63) is 24.4 Å². The van der Waals surface area contributed by atoms with E-state index in [9.17, 15) is 4.79 Å². The fourth-order valence-electron chi connectivity index (χ4n) is 1.73. The number of anilines is 1. The molecule has 0 aromatic carbocycles. The molecule has 87 valence electrons. The largest absolute Gasteiger partial charge is 0.343 e. The predicted molar refractivity (Wildman–Crippen MR) is 58.5 cm³/mol. The first-order valence-corrected chi connectivity index (χ1v) is 5.09. The lowest BCUT2D eigenvalue weighted by molar-refractivity contribution is -0.184. The van der Waals surface area contributed by atoms with Gasteiger partial charge in [-0.05, 0) is 12.1 Å². The summed E-state index contributed by atoms with van der Waals surface area (Å²) in [6.45, 7) is 0.503. The van der Waals surface area contributed by atoms with Gasteiger partial charge < -0.3 is 4.90 Å². The van der Waals surface area contributed by atoms with Crippen molar-refractivity contribution in [3.8, 4) is 6.07 Å². The van der Waals surface area contributed by atoms with Crippen molar-refractivity contribution < 1.29 is 9.63 Å². The zero-order chi connectivity index (χ0) is 12.3. The number of piperazine rings is 1. The zero-order valence-electron chi connectivity index (χ0n) is 9.33. The minimum absolute atomic E-state index is 0.138. The Bertz CT molecular complexity index is 443. The molecule has 0 saturated carbocycles. The monoisotopic (exact) mass is 231 g/mol. The molecule has 0 bridgehead atoms. The number of carbonyl (C=O) groups is 1. The first kappa shape index (κ1) is 11.4. The minimum Gasteiger partial charge on any atom is -0.343 e. The Morgan fingerprint density at radius 3 is 3.12 bits per heavy atom. The lowest BCUT2D eigenvalue weighted by Gasteiger charge is -2.36. The summed E-state index contributed by atoms with van der Waals surface area (Å²) in [6, 6.07) is 7.80. The van der Waals surface area contributed by atoms with Crippen molar-refractivity contribution >= 4 is 11.7 Å². The summed E-state index contributed by atoms with van der Waals surface area (Å²) < 4.78 is 0. The first-order valence-electron chi connectivity index (χ1n) is 5.09.